The maximum absolute atomic E-state index is 5.47. The molecule has 1 fully saturated rings. The molecule has 1 aliphatic heterocycles. The molecule has 18 heavy (non-hydrogen) atoms. The number of nitrogens with zero attached hydrogens (tertiary/aromatic N) is 3. The third-order valence-electron chi connectivity index (χ3n) is 3.07. The highest BCUT2D eigenvalue weighted by Gasteiger charge is 2.13. The van der Waals surface area contributed by atoms with Gasteiger partial charge in [-0.15, -0.1) is 0 Å². The molecule has 1 aliphatic rings. The van der Waals surface area contributed by atoms with Crippen molar-refractivity contribution in [3.05, 3.63) is 42.5 Å². The van der Waals surface area contributed by atoms with E-state index in [-0.39, 0.29) is 0 Å². The van der Waals surface area contributed by atoms with Gasteiger partial charge < -0.3 is 10.1 Å². The van der Waals surface area contributed by atoms with Crippen molar-refractivity contribution >= 4 is 0 Å². The summed E-state index contributed by atoms with van der Waals surface area (Å²) < 4.78 is 7.24. The minimum Gasteiger partial charge on any atom is -0.379 e. The quantitative estimate of drug-likeness (QED) is 0.867. The molecule has 1 aromatic heterocycles. The van der Waals surface area contributed by atoms with Crippen LogP contribution in [0.3, 0.4) is 0 Å². The number of aromatic nitrogens is 3. The highest BCUT2D eigenvalue weighted by atomic mass is 16.5. The third kappa shape index (κ3) is 2.57. The molecule has 2 heterocycles. The van der Waals surface area contributed by atoms with Gasteiger partial charge in [0.15, 0.2) is 0 Å². The van der Waals surface area contributed by atoms with Crippen LogP contribution >= 0.6 is 0 Å². The van der Waals surface area contributed by atoms with Gasteiger partial charge in [-0.2, -0.15) is 5.10 Å². The Bertz CT molecular complexity index is 491. The Kier molecular flexibility index (Phi) is 3.34. The van der Waals surface area contributed by atoms with Gasteiger partial charge in [-0.05, 0) is 24.1 Å². The average Bonchev–Trinajstić information content (AvgIpc) is 2.94. The molecule has 1 saturated heterocycles. The zero-order valence-electron chi connectivity index (χ0n) is 10.1. The molecular weight excluding hydrogens is 228 g/mol. The number of nitrogens with one attached hydrogen (secondary N) is 1. The lowest BCUT2D eigenvalue weighted by molar-refractivity contribution is 0.0770. The maximum atomic E-state index is 5.47. The van der Waals surface area contributed by atoms with E-state index in [1.54, 1.807) is 17.3 Å². The van der Waals surface area contributed by atoms with Crippen molar-refractivity contribution in [1.82, 2.24) is 20.1 Å². The summed E-state index contributed by atoms with van der Waals surface area (Å²) in [5, 5.41) is 7.60. The second-order valence-electron chi connectivity index (χ2n) is 4.44. The van der Waals surface area contributed by atoms with E-state index < -0.39 is 0 Å². The van der Waals surface area contributed by atoms with Crippen LogP contribution in [0.25, 0.3) is 5.69 Å². The van der Waals surface area contributed by atoms with E-state index >= 15 is 0 Å². The second-order valence-corrected chi connectivity index (χ2v) is 4.44. The Labute approximate surface area is 106 Å². The van der Waals surface area contributed by atoms with E-state index in [0.717, 1.165) is 31.9 Å². The Morgan fingerprint density at radius 2 is 2.44 bits per heavy atom. The van der Waals surface area contributed by atoms with Gasteiger partial charge in [-0.1, -0.05) is 12.1 Å². The number of rotatable bonds is 3. The van der Waals surface area contributed by atoms with Gasteiger partial charge in [0.25, 0.3) is 0 Å². The van der Waals surface area contributed by atoms with Crippen molar-refractivity contribution in [1.29, 1.82) is 0 Å². The molecule has 3 rings (SSSR count). The lowest BCUT2D eigenvalue weighted by atomic mass is 10.1. The molecule has 0 bridgehead atoms. The van der Waals surface area contributed by atoms with Crippen molar-refractivity contribution in [2.45, 2.75) is 12.5 Å². The van der Waals surface area contributed by atoms with Gasteiger partial charge in [0.2, 0.25) is 0 Å². The number of morpholine rings is 1. The predicted molar refractivity (Wildman–Crippen MR) is 67.7 cm³/mol. The molecule has 0 amide bonds. The van der Waals surface area contributed by atoms with Gasteiger partial charge >= 0.3 is 0 Å². The lowest BCUT2D eigenvalue weighted by Gasteiger charge is -2.23. The second kappa shape index (κ2) is 5.29. The zero-order chi connectivity index (χ0) is 12.2. The molecule has 0 saturated carbocycles. The summed E-state index contributed by atoms with van der Waals surface area (Å²) in [7, 11) is 0. The largest absolute Gasteiger partial charge is 0.379 e. The highest BCUT2D eigenvalue weighted by Crippen LogP contribution is 2.11. The fourth-order valence-electron chi connectivity index (χ4n) is 2.20. The number of hydrogen-bond acceptors (Lipinski definition) is 4. The molecule has 5 nitrogen and oxygen atoms in total. The molecule has 5 heteroatoms. The molecule has 0 aliphatic carbocycles. The summed E-state index contributed by atoms with van der Waals surface area (Å²) in [4.78, 5) is 3.96. The average molecular weight is 244 g/mol. The van der Waals surface area contributed by atoms with Crippen LogP contribution in [-0.2, 0) is 11.2 Å². The fraction of sp³-hybridized carbons (Fsp3) is 0.385. The third-order valence-corrected chi connectivity index (χ3v) is 3.07. The summed E-state index contributed by atoms with van der Waals surface area (Å²) in [5.74, 6) is 0. The van der Waals surface area contributed by atoms with E-state index in [1.807, 2.05) is 6.07 Å². The Morgan fingerprint density at radius 3 is 3.22 bits per heavy atom. The predicted octanol–water partition coefficient (Wildman–Crippen LogP) is 0.798. The lowest BCUT2D eigenvalue weighted by Crippen LogP contribution is -2.42. The van der Waals surface area contributed by atoms with Gasteiger partial charge in [-0.25, -0.2) is 9.67 Å². The first kappa shape index (κ1) is 11.4. The fourth-order valence-corrected chi connectivity index (χ4v) is 2.20. The van der Waals surface area contributed by atoms with Crippen LogP contribution in [0, 0.1) is 0 Å². The monoisotopic (exact) mass is 244 g/mol. The number of ether oxygens (including phenoxy) is 1. The van der Waals surface area contributed by atoms with Crippen molar-refractivity contribution < 1.29 is 4.74 Å². The first-order valence-electron chi connectivity index (χ1n) is 6.17. The molecule has 0 radical (unpaired) electrons. The van der Waals surface area contributed by atoms with Gasteiger partial charge in [0, 0.05) is 12.6 Å². The first-order valence-corrected chi connectivity index (χ1v) is 6.17. The maximum Gasteiger partial charge on any atom is 0.138 e. The van der Waals surface area contributed by atoms with Crippen LogP contribution in [0.4, 0.5) is 0 Å². The van der Waals surface area contributed by atoms with Crippen LogP contribution in [0.15, 0.2) is 36.9 Å². The van der Waals surface area contributed by atoms with Crippen molar-refractivity contribution in [3.63, 3.8) is 0 Å². The molecule has 1 unspecified atom stereocenters. The topological polar surface area (TPSA) is 52.0 Å². The summed E-state index contributed by atoms with van der Waals surface area (Å²) in [6, 6.07) is 8.77. The summed E-state index contributed by atoms with van der Waals surface area (Å²) in [6.07, 6.45) is 4.23. The van der Waals surface area contributed by atoms with Gasteiger partial charge in [-0.3, -0.25) is 0 Å². The Hall–Kier alpha value is -1.72. The number of benzene rings is 1. The van der Waals surface area contributed by atoms with E-state index in [0.29, 0.717) is 6.04 Å². The highest BCUT2D eigenvalue weighted by molar-refractivity contribution is 5.35. The van der Waals surface area contributed by atoms with Gasteiger partial charge in [0.05, 0.1) is 18.9 Å². The van der Waals surface area contributed by atoms with Gasteiger partial charge in [0.1, 0.15) is 12.7 Å². The minimum absolute atomic E-state index is 0.407. The van der Waals surface area contributed by atoms with Crippen molar-refractivity contribution in [3.8, 4) is 5.69 Å². The smallest absolute Gasteiger partial charge is 0.138 e. The van der Waals surface area contributed by atoms with Crippen LogP contribution in [0.5, 0.6) is 0 Å². The minimum atomic E-state index is 0.407. The summed E-state index contributed by atoms with van der Waals surface area (Å²) in [5.41, 5.74) is 2.33. The van der Waals surface area contributed by atoms with E-state index in [2.05, 4.69) is 33.6 Å². The van der Waals surface area contributed by atoms with E-state index in [9.17, 15) is 0 Å². The molecule has 1 atom stereocenters. The molecule has 1 N–H and O–H groups in total. The Morgan fingerprint density at radius 1 is 1.44 bits per heavy atom. The molecular formula is C13H16N4O. The van der Waals surface area contributed by atoms with Crippen LogP contribution in [0.1, 0.15) is 5.56 Å². The molecule has 1 aromatic carbocycles. The number of hydrogen-bond donors (Lipinski definition) is 1. The normalized spacial score (nSPS) is 19.9. The summed E-state index contributed by atoms with van der Waals surface area (Å²) in [6.45, 7) is 2.54. The molecule has 94 valence electrons. The van der Waals surface area contributed by atoms with Crippen molar-refractivity contribution in [2.24, 2.45) is 0 Å². The SMILES string of the molecule is c1cc(CC2COCCN2)cc(-n2cncn2)c1. The standard InChI is InChI=1S/C13H16N4O/c1-2-11(6-12-8-18-5-4-15-12)7-13(3-1)17-10-14-9-16-17/h1-3,7,9-10,12,15H,4-6,8H2. The molecule has 2 aromatic rings. The first-order chi connectivity index (χ1) is 8.92. The van der Waals surface area contributed by atoms with Crippen molar-refractivity contribution in [2.75, 3.05) is 19.8 Å². The van der Waals surface area contributed by atoms with E-state index in [4.69, 9.17) is 4.74 Å². The van der Waals surface area contributed by atoms with E-state index in [1.165, 1.54) is 5.56 Å². The van der Waals surface area contributed by atoms with Crippen LogP contribution in [-0.4, -0.2) is 40.6 Å². The molecule has 0 spiro atoms. The van der Waals surface area contributed by atoms with Crippen LogP contribution < -0.4 is 5.32 Å². The Balaban J connectivity index is 1.74. The summed E-state index contributed by atoms with van der Waals surface area (Å²) >= 11 is 0. The zero-order valence-corrected chi connectivity index (χ0v) is 10.1. The van der Waals surface area contributed by atoms with Crippen LogP contribution in [0.2, 0.25) is 0 Å².